The zero-order valence-corrected chi connectivity index (χ0v) is 17.4. The molecule has 1 amide bonds. The van der Waals surface area contributed by atoms with Gasteiger partial charge in [0.1, 0.15) is 11.6 Å². The number of halogens is 2. The number of likely N-dealkylation sites (tertiary alicyclic amines) is 1. The number of anilines is 1. The number of hydroxylamine groups is 1. The average molecular weight is 425 g/mol. The van der Waals surface area contributed by atoms with Crippen molar-refractivity contribution in [2.24, 2.45) is 0 Å². The predicted octanol–water partition coefficient (Wildman–Crippen LogP) is 3.08. The lowest BCUT2D eigenvalue weighted by Gasteiger charge is -2.33. The van der Waals surface area contributed by atoms with Crippen LogP contribution in [-0.2, 0) is 16.2 Å². The Kier molecular flexibility index (Phi) is 7.49. The fourth-order valence-electron chi connectivity index (χ4n) is 3.51. The van der Waals surface area contributed by atoms with Crippen LogP contribution in [0.25, 0.3) is 0 Å². The fourth-order valence-corrected chi connectivity index (χ4v) is 3.51. The Morgan fingerprint density at radius 3 is 2.57 bits per heavy atom. The maximum atomic E-state index is 14.2. The van der Waals surface area contributed by atoms with Crippen molar-refractivity contribution >= 4 is 11.8 Å². The number of nitrogens with one attached hydrogen (secondary N) is 1. The molecule has 9 heteroatoms. The Labute approximate surface area is 175 Å². The minimum absolute atomic E-state index is 0.00963. The summed E-state index contributed by atoms with van der Waals surface area (Å²) in [5.41, 5.74) is 4.00. The largest absolute Gasteiger partial charge is 0.447 e. The topological polar surface area (TPSA) is 74.3 Å². The van der Waals surface area contributed by atoms with Crippen molar-refractivity contribution in [3.63, 3.8) is 0 Å². The van der Waals surface area contributed by atoms with Crippen molar-refractivity contribution in [2.45, 2.75) is 51.9 Å². The summed E-state index contributed by atoms with van der Waals surface area (Å²) in [7, 11) is 0. The number of rotatable bonds is 6. The number of benzene rings is 1. The van der Waals surface area contributed by atoms with Crippen LogP contribution < -0.4 is 10.4 Å². The Morgan fingerprint density at radius 2 is 1.97 bits per heavy atom. The summed E-state index contributed by atoms with van der Waals surface area (Å²) in [6.45, 7) is 5.21. The van der Waals surface area contributed by atoms with Crippen molar-refractivity contribution in [3.05, 3.63) is 41.1 Å². The molecule has 0 saturated carbocycles. The van der Waals surface area contributed by atoms with Crippen molar-refractivity contribution in [1.82, 2.24) is 10.4 Å². The van der Waals surface area contributed by atoms with Crippen molar-refractivity contribution in [1.29, 1.82) is 0 Å². The molecule has 0 atom stereocenters. The number of ether oxygens (including phenoxy) is 1. The number of hydrogen-bond acceptors (Lipinski definition) is 6. The number of carbonyl (C=O) groups excluding carboxylic acids is 1. The van der Waals surface area contributed by atoms with Crippen molar-refractivity contribution < 1.29 is 28.3 Å². The second-order valence-electron chi connectivity index (χ2n) is 7.82. The minimum Gasteiger partial charge on any atom is -0.447 e. The quantitative estimate of drug-likeness (QED) is 0.683. The third-order valence-electron chi connectivity index (χ3n) is 5.23. The molecule has 0 radical (unpaired) electrons. The van der Waals surface area contributed by atoms with Crippen LogP contribution in [0.3, 0.4) is 0 Å². The fraction of sp³-hybridized carbons (Fsp3) is 0.571. The van der Waals surface area contributed by atoms with Crippen LogP contribution in [0.4, 0.5) is 19.3 Å². The third kappa shape index (κ3) is 5.60. The number of carbonyl (C=O) groups is 1. The molecular weight excluding hydrogens is 396 g/mol. The molecule has 0 spiro atoms. The SMILES string of the molecule is CC(C)OC(=O)N1CCC(ONC2=CCN(c3cc(F)c(CO)cc3F)CC2)CC1. The van der Waals surface area contributed by atoms with Crippen LogP contribution >= 0.6 is 0 Å². The van der Waals surface area contributed by atoms with Crippen LogP contribution in [0.15, 0.2) is 23.9 Å². The molecule has 2 aliphatic rings. The first-order valence-corrected chi connectivity index (χ1v) is 10.3. The number of hydrogen-bond donors (Lipinski definition) is 2. The Bertz CT molecular complexity index is 780. The highest BCUT2D eigenvalue weighted by Gasteiger charge is 2.25. The highest BCUT2D eigenvalue weighted by Crippen LogP contribution is 2.26. The zero-order chi connectivity index (χ0) is 21.7. The van der Waals surface area contributed by atoms with Crippen LogP contribution in [-0.4, -0.2) is 54.5 Å². The second kappa shape index (κ2) is 10.1. The first kappa shape index (κ1) is 22.3. The number of aliphatic hydroxyl groups is 1. The van der Waals surface area contributed by atoms with Gasteiger partial charge < -0.3 is 19.6 Å². The molecule has 7 nitrogen and oxygen atoms in total. The van der Waals surface area contributed by atoms with E-state index in [1.165, 1.54) is 0 Å². The summed E-state index contributed by atoms with van der Waals surface area (Å²) >= 11 is 0. The second-order valence-corrected chi connectivity index (χ2v) is 7.82. The molecule has 2 N–H and O–H groups in total. The maximum absolute atomic E-state index is 14.2. The lowest BCUT2D eigenvalue weighted by Crippen LogP contribution is -2.43. The van der Waals surface area contributed by atoms with Gasteiger partial charge in [0.25, 0.3) is 0 Å². The van der Waals surface area contributed by atoms with Gasteiger partial charge in [0.2, 0.25) is 0 Å². The van der Waals surface area contributed by atoms with E-state index >= 15 is 0 Å². The summed E-state index contributed by atoms with van der Waals surface area (Å²) in [5.74, 6) is -1.17. The lowest BCUT2D eigenvalue weighted by molar-refractivity contribution is -0.0415. The number of piperidine rings is 1. The van der Waals surface area contributed by atoms with Gasteiger partial charge in [0.05, 0.1) is 24.5 Å². The normalized spacial score (nSPS) is 17.9. The molecule has 0 aromatic heterocycles. The highest BCUT2D eigenvalue weighted by molar-refractivity contribution is 5.67. The van der Waals surface area contributed by atoms with Gasteiger partial charge in [-0.05, 0) is 38.8 Å². The Morgan fingerprint density at radius 1 is 1.23 bits per heavy atom. The van der Waals surface area contributed by atoms with E-state index in [2.05, 4.69) is 5.48 Å². The summed E-state index contributed by atoms with van der Waals surface area (Å²) in [5, 5.41) is 9.04. The average Bonchev–Trinajstić information content (AvgIpc) is 2.74. The summed E-state index contributed by atoms with van der Waals surface area (Å²) in [6.07, 6.45) is 3.47. The molecule has 1 aromatic carbocycles. The van der Waals surface area contributed by atoms with Gasteiger partial charge in [0.15, 0.2) is 0 Å². The summed E-state index contributed by atoms with van der Waals surface area (Å²) in [4.78, 5) is 21.1. The lowest BCUT2D eigenvalue weighted by atomic mass is 10.1. The molecular formula is C21H29F2N3O4. The van der Waals surface area contributed by atoms with E-state index < -0.39 is 18.2 Å². The molecule has 2 heterocycles. The number of amides is 1. The third-order valence-corrected chi connectivity index (χ3v) is 5.23. The molecule has 1 aromatic rings. The van der Waals surface area contributed by atoms with E-state index in [0.717, 1.165) is 17.8 Å². The smallest absolute Gasteiger partial charge is 0.410 e. The van der Waals surface area contributed by atoms with Crippen LogP contribution in [0.5, 0.6) is 0 Å². The Hall–Kier alpha value is -2.39. The van der Waals surface area contributed by atoms with E-state index in [1.54, 1.807) is 9.80 Å². The molecule has 30 heavy (non-hydrogen) atoms. The predicted molar refractivity (Wildman–Crippen MR) is 108 cm³/mol. The number of aliphatic hydroxyl groups excluding tert-OH is 1. The van der Waals surface area contributed by atoms with E-state index in [9.17, 15) is 13.6 Å². The van der Waals surface area contributed by atoms with Crippen LogP contribution in [0, 0.1) is 11.6 Å². The molecule has 3 rings (SSSR count). The van der Waals surface area contributed by atoms with E-state index in [-0.39, 0.29) is 29.6 Å². The van der Waals surface area contributed by atoms with Gasteiger partial charge in [0, 0.05) is 49.9 Å². The van der Waals surface area contributed by atoms with Crippen LogP contribution in [0.1, 0.15) is 38.7 Å². The van der Waals surface area contributed by atoms with Gasteiger partial charge in [-0.3, -0.25) is 10.3 Å². The molecule has 1 saturated heterocycles. The van der Waals surface area contributed by atoms with E-state index in [1.807, 2.05) is 19.9 Å². The molecule has 0 bridgehead atoms. The zero-order valence-electron chi connectivity index (χ0n) is 17.4. The molecule has 0 aliphatic carbocycles. The first-order chi connectivity index (χ1) is 14.4. The molecule has 2 aliphatic heterocycles. The van der Waals surface area contributed by atoms with Gasteiger partial charge in [-0.2, -0.15) is 0 Å². The van der Waals surface area contributed by atoms with Gasteiger partial charge in [-0.1, -0.05) is 0 Å². The van der Waals surface area contributed by atoms with Gasteiger partial charge in [-0.25, -0.2) is 13.6 Å². The van der Waals surface area contributed by atoms with Crippen molar-refractivity contribution in [3.8, 4) is 0 Å². The number of nitrogens with zero attached hydrogens (tertiary/aromatic N) is 2. The van der Waals surface area contributed by atoms with E-state index in [4.69, 9.17) is 14.7 Å². The molecule has 166 valence electrons. The van der Waals surface area contributed by atoms with Gasteiger partial charge >= 0.3 is 6.09 Å². The monoisotopic (exact) mass is 425 g/mol. The summed E-state index contributed by atoms with van der Waals surface area (Å²) < 4.78 is 33.3. The first-order valence-electron chi connectivity index (χ1n) is 10.3. The van der Waals surface area contributed by atoms with Crippen molar-refractivity contribution in [2.75, 3.05) is 31.1 Å². The molecule has 1 fully saturated rings. The standard InChI is InChI=1S/C21H29F2N3O4/c1-14(2)29-21(28)26-9-5-17(6-10-26)30-24-16-3-7-25(8-4-16)20-12-18(22)15(13-27)11-19(20)23/h3,11-12,14,17,24,27H,4-10,13H2,1-2H3. The Balaban J connectivity index is 1.45. The van der Waals surface area contributed by atoms with Crippen LogP contribution in [0.2, 0.25) is 0 Å². The summed E-state index contributed by atoms with van der Waals surface area (Å²) in [6, 6.07) is 2.16. The maximum Gasteiger partial charge on any atom is 0.410 e. The van der Waals surface area contributed by atoms with E-state index in [0.29, 0.717) is 45.4 Å². The highest BCUT2D eigenvalue weighted by atomic mass is 19.1. The molecule has 0 unspecified atom stereocenters. The minimum atomic E-state index is -0.617. The van der Waals surface area contributed by atoms with Gasteiger partial charge in [-0.15, -0.1) is 0 Å².